The first kappa shape index (κ1) is 20.3. The molecule has 2 aromatic rings. The first-order chi connectivity index (χ1) is 14.7. The fraction of sp³-hybridized carbons (Fsp3) is 0.300. The van der Waals surface area contributed by atoms with Crippen molar-refractivity contribution in [1.82, 2.24) is 4.90 Å². The van der Waals surface area contributed by atoms with Gasteiger partial charge in [-0.25, -0.2) is 0 Å². The van der Waals surface area contributed by atoms with Gasteiger partial charge in [-0.1, -0.05) is 30.3 Å². The lowest BCUT2D eigenvalue weighted by Gasteiger charge is -2.41. The van der Waals surface area contributed by atoms with E-state index in [1.807, 2.05) is 0 Å². The molecule has 0 saturated heterocycles. The van der Waals surface area contributed by atoms with E-state index in [4.69, 9.17) is 0 Å². The van der Waals surface area contributed by atoms with E-state index in [9.17, 15) is 30.6 Å². The third kappa shape index (κ3) is 3.14. The van der Waals surface area contributed by atoms with Gasteiger partial charge in [0.25, 0.3) is 17.4 Å². The van der Waals surface area contributed by atoms with Crippen molar-refractivity contribution in [2.24, 2.45) is 10.9 Å². The van der Waals surface area contributed by atoms with Crippen LogP contribution >= 0.6 is 0 Å². The molecule has 1 aliphatic heterocycles. The minimum Gasteiger partial charge on any atom is -0.417 e. The maximum Gasteiger partial charge on any atom is 0.269 e. The van der Waals surface area contributed by atoms with Gasteiger partial charge in [0, 0.05) is 41.6 Å². The third-order valence-electron chi connectivity index (χ3n) is 5.82. The number of hydrogen-bond acceptors (Lipinski definition) is 8. The summed E-state index contributed by atoms with van der Waals surface area (Å²) in [5.74, 6) is -1.23. The number of rotatable bonds is 3. The number of fused-ring (bicyclic) bond motifs is 4. The normalized spacial score (nSPS) is 25.8. The van der Waals surface area contributed by atoms with Gasteiger partial charge in [-0.05, 0) is 11.6 Å². The van der Waals surface area contributed by atoms with Crippen LogP contribution in [0.15, 0.2) is 53.5 Å². The van der Waals surface area contributed by atoms with Crippen LogP contribution in [0.4, 0.5) is 5.69 Å². The number of amidine groups is 1. The first-order valence-corrected chi connectivity index (χ1v) is 9.47. The van der Waals surface area contributed by atoms with Gasteiger partial charge < -0.3 is 10.1 Å². The van der Waals surface area contributed by atoms with E-state index in [0.29, 0.717) is 11.4 Å². The number of non-ortho nitro benzene ring substituents is 1. The van der Waals surface area contributed by atoms with Crippen molar-refractivity contribution < 1.29 is 20.0 Å². The van der Waals surface area contributed by atoms with Crippen molar-refractivity contribution >= 4 is 17.2 Å². The lowest BCUT2D eigenvalue weighted by atomic mass is 9.66. The average molecular weight is 425 g/mol. The van der Waals surface area contributed by atoms with E-state index < -0.39 is 33.8 Å². The summed E-state index contributed by atoms with van der Waals surface area (Å²) < 4.78 is 0. The summed E-state index contributed by atoms with van der Waals surface area (Å²) in [5, 5.41) is 45.9. The van der Waals surface area contributed by atoms with Crippen LogP contribution in [-0.4, -0.2) is 56.5 Å². The summed E-state index contributed by atoms with van der Waals surface area (Å²) in [6.45, 7) is 0. The first-order valence-electron chi connectivity index (χ1n) is 9.47. The highest BCUT2D eigenvalue weighted by atomic mass is 16.8. The van der Waals surface area contributed by atoms with Gasteiger partial charge in [0.1, 0.15) is 17.8 Å². The molecule has 0 aromatic heterocycles. The van der Waals surface area contributed by atoms with Crippen LogP contribution in [0, 0.1) is 31.4 Å². The summed E-state index contributed by atoms with van der Waals surface area (Å²) >= 11 is 0. The molecule has 31 heavy (non-hydrogen) atoms. The summed E-state index contributed by atoms with van der Waals surface area (Å²) in [6.07, 6.45) is 0. The van der Waals surface area contributed by atoms with Crippen LogP contribution in [0.2, 0.25) is 0 Å². The number of likely N-dealkylation sites (N-methyl/N-ethyl adjacent to an activating group) is 1. The van der Waals surface area contributed by atoms with Crippen LogP contribution < -0.4 is 0 Å². The molecule has 2 aliphatic rings. The van der Waals surface area contributed by atoms with Gasteiger partial charge in [-0.2, -0.15) is 0 Å². The lowest BCUT2D eigenvalue weighted by molar-refractivity contribution is -0.728. The van der Waals surface area contributed by atoms with Crippen molar-refractivity contribution in [3.8, 4) is 0 Å². The number of nitro benzene ring substituents is 1. The Morgan fingerprint density at radius 3 is 2.26 bits per heavy atom. The second-order valence-corrected chi connectivity index (χ2v) is 7.70. The zero-order valence-electron chi connectivity index (χ0n) is 16.7. The molecule has 4 rings (SSSR count). The van der Waals surface area contributed by atoms with Gasteiger partial charge >= 0.3 is 0 Å². The fourth-order valence-corrected chi connectivity index (χ4v) is 4.64. The van der Waals surface area contributed by atoms with Crippen LogP contribution in [0.3, 0.4) is 0 Å². The second-order valence-electron chi connectivity index (χ2n) is 7.70. The molecule has 0 fully saturated rings. The summed E-state index contributed by atoms with van der Waals surface area (Å²) in [5.41, 5.74) is 0.614. The molecule has 11 heteroatoms. The highest BCUT2D eigenvalue weighted by molar-refractivity contribution is 6.07. The molecule has 2 bridgehead atoms. The van der Waals surface area contributed by atoms with Crippen LogP contribution in [0.5, 0.6) is 0 Å². The maximum atomic E-state index is 12.3. The molecule has 4 unspecified atom stereocenters. The molecule has 11 nitrogen and oxygen atoms in total. The van der Waals surface area contributed by atoms with E-state index >= 15 is 0 Å². The Labute approximate surface area is 176 Å². The maximum absolute atomic E-state index is 12.3. The smallest absolute Gasteiger partial charge is 0.269 e. The Kier molecular flexibility index (Phi) is 4.80. The average Bonchev–Trinajstić information content (AvgIpc) is 2.72. The number of aliphatic imine (C=N–C) groups is 1. The Hall–Kier alpha value is -4.02. The molecular weight excluding hydrogens is 406 g/mol. The number of hydrogen-bond donors (Lipinski definition) is 1. The minimum absolute atomic E-state index is 0.169. The summed E-state index contributed by atoms with van der Waals surface area (Å²) in [6, 6.07) is 10.3. The van der Waals surface area contributed by atoms with Crippen molar-refractivity contribution in [2.75, 3.05) is 14.1 Å². The molecule has 0 spiro atoms. The van der Waals surface area contributed by atoms with Gasteiger partial charge in [-0.15, -0.1) is 0 Å². The third-order valence-corrected chi connectivity index (χ3v) is 5.82. The van der Waals surface area contributed by atoms with E-state index in [0.717, 1.165) is 0 Å². The van der Waals surface area contributed by atoms with Gasteiger partial charge in [0.2, 0.25) is 0 Å². The van der Waals surface area contributed by atoms with Gasteiger partial charge in [-0.3, -0.25) is 30.4 Å². The highest BCUT2D eigenvalue weighted by Crippen LogP contribution is 2.49. The largest absolute Gasteiger partial charge is 0.417 e. The summed E-state index contributed by atoms with van der Waals surface area (Å²) in [4.78, 5) is 28.4. The molecule has 1 heterocycles. The molecule has 2 aromatic carbocycles. The topological polar surface area (TPSA) is 148 Å². The monoisotopic (exact) mass is 425 g/mol. The fourth-order valence-electron chi connectivity index (χ4n) is 4.64. The van der Waals surface area contributed by atoms with Gasteiger partial charge in [0.15, 0.2) is 0 Å². The predicted molar refractivity (Wildman–Crippen MR) is 110 cm³/mol. The Bertz CT molecular complexity index is 1130. The number of benzene rings is 2. The minimum atomic E-state index is -1.39. The second kappa shape index (κ2) is 7.35. The lowest BCUT2D eigenvalue weighted by Crippen LogP contribution is -2.55. The zero-order valence-corrected chi connectivity index (χ0v) is 16.7. The number of nitro groups is 2. The van der Waals surface area contributed by atoms with Crippen molar-refractivity contribution in [3.05, 3.63) is 90.7 Å². The standard InChI is InChI=1S/C20H19N5O6/c1-22(2)20-15(11-6-4-3-5-7-11)16-18(24(28)29)13-9-8-12(23(26)27)10-14(13)17(21-20)19(16)25(30)31/h3-10,15-17,19H,1-2H3,(H,28,29). The van der Waals surface area contributed by atoms with E-state index in [1.165, 1.54) is 18.2 Å². The van der Waals surface area contributed by atoms with E-state index in [1.54, 1.807) is 49.3 Å². The SMILES string of the molecule is CN(C)C1=NC2c3cc([N+](=O)[O-])ccc3C(=[N+]([O-])O)C(C1c1ccccc1)C2[N+](=O)[O-]. The molecule has 4 atom stereocenters. The quantitative estimate of drug-likeness (QED) is 0.343. The molecule has 1 aliphatic carbocycles. The molecule has 0 radical (unpaired) electrons. The molecule has 1 N–H and O–H groups in total. The highest BCUT2D eigenvalue weighted by Gasteiger charge is 2.60. The molecule has 0 saturated carbocycles. The molecule has 0 amide bonds. The Morgan fingerprint density at radius 1 is 1.03 bits per heavy atom. The van der Waals surface area contributed by atoms with Crippen molar-refractivity contribution in [1.29, 1.82) is 0 Å². The summed E-state index contributed by atoms with van der Waals surface area (Å²) in [7, 11) is 3.47. The number of nitrogens with zero attached hydrogens (tertiary/aromatic N) is 5. The van der Waals surface area contributed by atoms with E-state index in [2.05, 4.69) is 4.99 Å². The predicted octanol–water partition coefficient (Wildman–Crippen LogP) is 2.36. The van der Waals surface area contributed by atoms with Crippen LogP contribution in [0.1, 0.15) is 28.7 Å². The molecular formula is C20H19N5O6. The van der Waals surface area contributed by atoms with Crippen LogP contribution in [-0.2, 0) is 0 Å². The van der Waals surface area contributed by atoms with Gasteiger partial charge in [0.05, 0.1) is 16.4 Å². The zero-order chi connectivity index (χ0) is 22.4. The van der Waals surface area contributed by atoms with Crippen molar-refractivity contribution in [3.63, 3.8) is 0 Å². The Balaban J connectivity index is 2.08. The Morgan fingerprint density at radius 2 is 1.71 bits per heavy atom. The molecule has 160 valence electrons. The van der Waals surface area contributed by atoms with Crippen molar-refractivity contribution in [2.45, 2.75) is 18.0 Å². The van der Waals surface area contributed by atoms with Crippen LogP contribution in [0.25, 0.3) is 0 Å². The van der Waals surface area contributed by atoms with E-state index in [-0.39, 0.29) is 27.4 Å².